The summed E-state index contributed by atoms with van der Waals surface area (Å²) >= 11 is 1.23. The molecule has 1 N–H and O–H groups in total. The second kappa shape index (κ2) is 11.1. The van der Waals surface area contributed by atoms with E-state index in [1.165, 1.54) is 29.6 Å². The number of carbonyl (C=O) groups is 3. The highest BCUT2D eigenvalue weighted by Crippen LogP contribution is 2.31. The predicted octanol–water partition coefficient (Wildman–Crippen LogP) is 1.37. The average molecular weight is 493 g/mol. The maximum atomic E-state index is 12.7. The second-order valence-electron chi connectivity index (χ2n) is 8.05. The molecule has 0 bridgehead atoms. The summed E-state index contributed by atoms with van der Waals surface area (Å²) in [5.41, 5.74) is 0.585. The van der Waals surface area contributed by atoms with Crippen molar-refractivity contribution < 1.29 is 33.0 Å². The van der Waals surface area contributed by atoms with E-state index in [2.05, 4.69) is 10.3 Å². The largest absolute Gasteiger partial charge is 0.459 e. The Morgan fingerprint density at radius 3 is 2.71 bits per heavy atom. The third kappa shape index (κ3) is 6.00. The Hall–Kier alpha value is -2.80. The van der Waals surface area contributed by atoms with Crippen molar-refractivity contribution in [3.05, 3.63) is 35.2 Å². The van der Waals surface area contributed by atoms with Crippen LogP contribution in [0.3, 0.4) is 0 Å². The molecule has 2 aliphatic rings. The van der Waals surface area contributed by atoms with Gasteiger partial charge in [-0.05, 0) is 12.1 Å². The molecule has 1 spiro atoms. The van der Waals surface area contributed by atoms with Crippen molar-refractivity contribution >= 4 is 34.2 Å². The van der Waals surface area contributed by atoms with Gasteiger partial charge in [-0.15, -0.1) is 11.3 Å². The molecule has 0 saturated carbocycles. The van der Waals surface area contributed by atoms with Crippen LogP contribution in [0, 0.1) is 0 Å². The number of hydrogen-bond donors (Lipinski definition) is 1. The maximum Gasteiger partial charge on any atom is 0.290 e. The molecule has 4 heterocycles. The molecule has 2 aromatic heterocycles. The summed E-state index contributed by atoms with van der Waals surface area (Å²) in [5.74, 6) is -1.20. The van der Waals surface area contributed by atoms with Crippen LogP contribution < -0.4 is 5.32 Å². The van der Waals surface area contributed by atoms with Crippen molar-refractivity contribution in [3.63, 3.8) is 0 Å². The zero-order valence-electron chi connectivity index (χ0n) is 19.0. The number of rotatable bonds is 9. The lowest BCUT2D eigenvalue weighted by Crippen LogP contribution is -2.47. The van der Waals surface area contributed by atoms with Gasteiger partial charge in [0.25, 0.3) is 5.91 Å². The van der Waals surface area contributed by atoms with E-state index in [0.717, 1.165) is 0 Å². The fourth-order valence-electron chi connectivity index (χ4n) is 3.94. The van der Waals surface area contributed by atoms with E-state index in [1.54, 1.807) is 22.4 Å². The number of ether oxygens (including phenoxy) is 3. The van der Waals surface area contributed by atoms with Gasteiger partial charge in [0.05, 0.1) is 38.2 Å². The summed E-state index contributed by atoms with van der Waals surface area (Å²) in [6.07, 6.45) is 2.87. The first-order chi connectivity index (χ1) is 16.5. The topological polar surface area (TPSA) is 123 Å². The van der Waals surface area contributed by atoms with Crippen LogP contribution in [-0.2, 0) is 30.2 Å². The normalized spacial score (nSPS) is 17.1. The molecule has 3 amide bonds. The van der Waals surface area contributed by atoms with Gasteiger partial charge in [0.15, 0.2) is 16.7 Å². The van der Waals surface area contributed by atoms with Crippen molar-refractivity contribution in [2.24, 2.45) is 0 Å². The van der Waals surface area contributed by atoms with Crippen molar-refractivity contribution in [1.82, 2.24) is 14.8 Å². The molecule has 4 rings (SSSR count). The number of furan rings is 1. The fourth-order valence-corrected chi connectivity index (χ4v) is 4.66. The van der Waals surface area contributed by atoms with Crippen LogP contribution in [0.25, 0.3) is 0 Å². The zero-order chi connectivity index (χ0) is 24.0. The Labute approximate surface area is 201 Å². The molecule has 0 aliphatic carbocycles. The van der Waals surface area contributed by atoms with Crippen LogP contribution in [0.4, 0.5) is 5.13 Å². The van der Waals surface area contributed by atoms with Crippen molar-refractivity contribution in [3.8, 4) is 0 Å². The molecule has 2 aliphatic heterocycles. The Bertz CT molecular complexity index is 977. The predicted molar refractivity (Wildman–Crippen MR) is 121 cm³/mol. The van der Waals surface area contributed by atoms with Gasteiger partial charge in [-0.3, -0.25) is 14.4 Å². The summed E-state index contributed by atoms with van der Waals surface area (Å²) in [7, 11) is 1.52. The average Bonchev–Trinajstić information content (AvgIpc) is 3.60. The Balaban J connectivity index is 1.27. The summed E-state index contributed by atoms with van der Waals surface area (Å²) in [6.45, 7) is 2.68. The molecular weight excluding hydrogens is 464 g/mol. The molecule has 0 aromatic carbocycles. The number of nitrogens with zero attached hydrogens (tertiary/aromatic N) is 3. The Morgan fingerprint density at radius 1 is 1.26 bits per heavy atom. The minimum atomic E-state index is -0.523. The third-order valence-corrected chi connectivity index (χ3v) is 6.55. The third-order valence-electron chi connectivity index (χ3n) is 5.74. The number of amides is 3. The minimum absolute atomic E-state index is 0.0224. The number of nitrogens with one attached hydrogen (secondary N) is 1. The molecule has 2 aromatic rings. The van der Waals surface area contributed by atoms with E-state index in [4.69, 9.17) is 18.6 Å². The van der Waals surface area contributed by atoms with Gasteiger partial charge in [-0.1, -0.05) is 0 Å². The van der Waals surface area contributed by atoms with Crippen molar-refractivity contribution in [2.45, 2.75) is 25.0 Å². The number of aromatic nitrogens is 1. The quantitative estimate of drug-likeness (QED) is 0.557. The Morgan fingerprint density at radius 2 is 2.03 bits per heavy atom. The first-order valence-electron chi connectivity index (χ1n) is 11.1. The standard InChI is InChI=1S/C22H28N4O7S/c1-30-10-8-26(20(29)17-3-2-9-31-17)14-18(27)24-21-23-16(15-34-21)13-19(28)25-6-4-22(5-7-25)32-11-12-33-22/h2-3,9,15H,4-8,10-14H2,1H3,(H,23,24,27). The fraction of sp³-hybridized carbons (Fsp3) is 0.545. The number of piperidine rings is 1. The highest BCUT2D eigenvalue weighted by atomic mass is 32.1. The van der Waals surface area contributed by atoms with Gasteiger partial charge < -0.3 is 33.7 Å². The van der Waals surface area contributed by atoms with Crippen LogP contribution in [0.2, 0.25) is 0 Å². The molecule has 0 unspecified atom stereocenters. The van der Waals surface area contributed by atoms with Crippen LogP contribution in [0.5, 0.6) is 0 Å². The van der Waals surface area contributed by atoms with Crippen molar-refractivity contribution in [1.29, 1.82) is 0 Å². The summed E-state index contributed by atoms with van der Waals surface area (Å²) in [4.78, 5) is 45.3. The number of thiazole rings is 1. The second-order valence-corrected chi connectivity index (χ2v) is 8.91. The van der Waals surface area contributed by atoms with Gasteiger partial charge in [0, 0.05) is 45.0 Å². The van der Waals surface area contributed by atoms with Gasteiger partial charge in [-0.2, -0.15) is 0 Å². The molecule has 184 valence electrons. The van der Waals surface area contributed by atoms with Gasteiger partial charge in [0.2, 0.25) is 11.8 Å². The van der Waals surface area contributed by atoms with Gasteiger partial charge in [-0.25, -0.2) is 4.98 Å². The molecule has 2 fully saturated rings. The van der Waals surface area contributed by atoms with E-state index in [9.17, 15) is 14.4 Å². The monoisotopic (exact) mass is 492 g/mol. The SMILES string of the molecule is COCCN(CC(=O)Nc1nc(CC(=O)N2CCC3(CC2)OCCO3)cs1)C(=O)c1ccco1. The van der Waals surface area contributed by atoms with E-state index in [1.807, 2.05) is 0 Å². The van der Waals surface area contributed by atoms with Crippen LogP contribution >= 0.6 is 11.3 Å². The minimum Gasteiger partial charge on any atom is -0.459 e. The molecular formula is C22H28N4O7S. The van der Waals surface area contributed by atoms with E-state index >= 15 is 0 Å². The van der Waals surface area contributed by atoms with Gasteiger partial charge in [0.1, 0.15) is 6.54 Å². The molecule has 12 heteroatoms. The van der Waals surface area contributed by atoms with Crippen molar-refractivity contribution in [2.75, 3.05) is 58.4 Å². The highest BCUT2D eigenvalue weighted by Gasteiger charge is 2.40. The lowest BCUT2D eigenvalue weighted by molar-refractivity contribution is -0.187. The van der Waals surface area contributed by atoms with E-state index < -0.39 is 17.6 Å². The molecule has 0 atom stereocenters. The first-order valence-corrected chi connectivity index (χ1v) is 12.0. The molecule has 2 saturated heterocycles. The lowest BCUT2D eigenvalue weighted by Gasteiger charge is -2.37. The number of methoxy groups -OCH3 is 1. The maximum absolute atomic E-state index is 12.7. The number of hydrogen-bond acceptors (Lipinski definition) is 9. The summed E-state index contributed by atoms with van der Waals surface area (Å²) < 4.78 is 21.6. The van der Waals surface area contributed by atoms with Crippen LogP contribution in [0.15, 0.2) is 28.2 Å². The molecule has 0 radical (unpaired) electrons. The number of likely N-dealkylation sites (tertiary alicyclic amines) is 1. The number of anilines is 1. The van der Waals surface area contributed by atoms with E-state index in [-0.39, 0.29) is 37.8 Å². The smallest absolute Gasteiger partial charge is 0.290 e. The highest BCUT2D eigenvalue weighted by molar-refractivity contribution is 7.13. The first kappa shape index (κ1) is 24.3. The molecule has 34 heavy (non-hydrogen) atoms. The zero-order valence-corrected chi connectivity index (χ0v) is 19.8. The summed E-state index contributed by atoms with van der Waals surface area (Å²) in [6, 6.07) is 3.15. The number of carbonyl (C=O) groups excluding carboxylic acids is 3. The van der Waals surface area contributed by atoms with Crippen LogP contribution in [-0.4, -0.2) is 91.4 Å². The van der Waals surface area contributed by atoms with E-state index in [0.29, 0.717) is 50.0 Å². The summed E-state index contributed by atoms with van der Waals surface area (Å²) in [5, 5.41) is 4.82. The van der Waals surface area contributed by atoms with Gasteiger partial charge >= 0.3 is 0 Å². The Kier molecular flexibility index (Phi) is 7.93. The lowest BCUT2D eigenvalue weighted by atomic mass is 10.0. The van der Waals surface area contributed by atoms with Crippen LogP contribution in [0.1, 0.15) is 29.1 Å². The molecule has 11 nitrogen and oxygen atoms in total.